The van der Waals surface area contributed by atoms with Crippen molar-refractivity contribution in [3.05, 3.63) is 56.3 Å². The molecule has 2 heteroatoms. The Labute approximate surface area is 119 Å². The fourth-order valence-corrected chi connectivity index (χ4v) is 3.53. The van der Waals surface area contributed by atoms with Gasteiger partial charge in [0.25, 0.3) is 0 Å². The van der Waals surface area contributed by atoms with Crippen molar-refractivity contribution in [2.75, 3.05) is 0 Å². The number of aliphatic hydroxyl groups is 1. The molecule has 19 heavy (non-hydrogen) atoms. The van der Waals surface area contributed by atoms with Crippen LogP contribution in [0.15, 0.2) is 24.3 Å². The lowest BCUT2D eigenvalue weighted by Gasteiger charge is -2.14. The third-order valence-electron chi connectivity index (χ3n) is 3.60. The molecule has 1 aromatic heterocycles. The van der Waals surface area contributed by atoms with E-state index in [2.05, 4.69) is 52.0 Å². The number of aliphatic hydroxyl groups excluding tert-OH is 1. The molecule has 2 rings (SSSR count). The van der Waals surface area contributed by atoms with Crippen molar-refractivity contribution < 1.29 is 5.11 Å². The Morgan fingerprint density at radius 2 is 1.74 bits per heavy atom. The molecule has 0 bridgehead atoms. The average molecular weight is 274 g/mol. The zero-order valence-corrected chi connectivity index (χ0v) is 13.0. The molecule has 0 aliphatic carbocycles. The zero-order chi connectivity index (χ0) is 14.0. The lowest BCUT2D eigenvalue weighted by Crippen LogP contribution is -2.04. The van der Waals surface area contributed by atoms with Crippen LogP contribution in [0.4, 0.5) is 0 Å². The molecule has 1 aromatic carbocycles. The smallest absolute Gasteiger partial charge is 0.0922 e. The molecular formula is C17H22OS. The van der Waals surface area contributed by atoms with Crippen molar-refractivity contribution >= 4 is 11.3 Å². The predicted octanol–water partition coefficient (Wildman–Crippen LogP) is 4.51. The maximum absolute atomic E-state index is 10.4. The van der Waals surface area contributed by atoms with Gasteiger partial charge in [0, 0.05) is 16.2 Å². The van der Waals surface area contributed by atoms with E-state index in [0.29, 0.717) is 6.42 Å². The Hall–Kier alpha value is -1.12. The van der Waals surface area contributed by atoms with E-state index in [0.717, 1.165) is 11.3 Å². The van der Waals surface area contributed by atoms with Crippen molar-refractivity contribution in [2.24, 2.45) is 0 Å². The summed E-state index contributed by atoms with van der Waals surface area (Å²) in [5, 5.41) is 10.4. The van der Waals surface area contributed by atoms with Crippen molar-refractivity contribution in [3.63, 3.8) is 0 Å². The van der Waals surface area contributed by atoms with Crippen molar-refractivity contribution in [1.29, 1.82) is 0 Å². The second kappa shape index (κ2) is 5.89. The summed E-state index contributed by atoms with van der Waals surface area (Å²) < 4.78 is 0. The third kappa shape index (κ3) is 3.26. The maximum atomic E-state index is 10.4. The van der Waals surface area contributed by atoms with Crippen molar-refractivity contribution in [3.8, 4) is 0 Å². The molecule has 0 aliphatic heterocycles. The van der Waals surface area contributed by atoms with Crippen LogP contribution in [0, 0.1) is 20.8 Å². The Bertz CT molecular complexity index is 545. The molecule has 0 fully saturated rings. The number of thiophene rings is 1. The normalized spacial score (nSPS) is 12.7. The highest BCUT2D eigenvalue weighted by Gasteiger charge is 2.14. The van der Waals surface area contributed by atoms with E-state index in [1.54, 1.807) is 11.3 Å². The summed E-state index contributed by atoms with van der Waals surface area (Å²) in [5.41, 5.74) is 5.13. The molecule has 0 amide bonds. The van der Waals surface area contributed by atoms with Gasteiger partial charge in [-0.15, -0.1) is 11.3 Å². The minimum Gasteiger partial charge on any atom is -0.387 e. The Balaban J connectivity index is 2.21. The van der Waals surface area contributed by atoms with E-state index in [9.17, 15) is 5.11 Å². The molecule has 0 aliphatic rings. The van der Waals surface area contributed by atoms with E-state index < -0.39 is 0 Å². The van der Waals surface area contributed by atoms with Crippen LogP contribution in [0.2, 0.25) is 0 Å². The highest BCUT2D eigenvalue weighted by Crippen LogP contribution is 2.28. The molecule has 1 unspecified atom stereocenters. The predicted molar refractivity (Wildman–Crippen MR) is 83.0 cm³/mol. The second-order valence-electron chi connectivity index (χ2n) is 5.25. The standard InChI is InChI=1S/C17H22OS/c1-5-14-6-7-17(19-14)16(18)10-15-12(3)8-11(2)9-13(15)4/h6-9,16,18H,5,10H2,1-4H3. The summed E-state index contributed by atoms with van der Waals surface area (Å²) in [4.78, 5) is 2.42. The van der Waals surface area contributed by atoms with Crippen LogP contribution >= 0.6 is 11.3 Å². The van der Waals surface area contributed by atoms with Gasteiger partial charge >= 0.3 is 0 Å². The van der Waals surface area contributed by atoms with Gasteiger partial charge in [0.05, 0.1) is 6.10 Å². The van der Waals surface area contributed by atoms with E-state index in [1.807, 2.05) is 0 Å². The summed E-state index contributed by atoms with van der Waals surface area (Å²) in [6, 6.07) is 8.58. The van der Waals surface area contributed by atoms with Crippen LogP contribution in [0.3, 0.4) is 0 Å². The molecular weight excluding hydrogens is 252 g/mol. The van der Waals surface area contributed by atoms with Crippen LogP contribution in [0.1, 0.15) is 45.0 Å². The fraction of sp³-hybridized carbons (Fsp3) is 0.412. The van der Waals surface area contributed by atoms with Gasteiger partial charge in [-0.1, -0.05) is 24.6 Å². The SMILES string of the molecule is CCc1ccc(C(O)Cc2c(C)cc(C)cc2C)s1. The Morgan fingerprint density at radius 3 is 2.26 bits per heavy atom. The summed E-state index contributed by atoms with van der Waals surface area (Å²) in [5.74, 6) is 0. The van der Waals surface area contributed by atoms with E-state index in [4.69, 9.17) is 0 Å². The van der Waals surface area contributed by atoms with E-state index in [-0.39, 0.29) is 6.10 Å². The number of hydrogen-bond acceptors (Lipinski definition) is 2. The first-order valence-electron chi connectivity index (χ1n) is 6.84. The first-order valence-corrected chi connectivity index (χ1v) is 7.66. The van der Waals surface area contributed by atoms with Crippen LogP contribution in [0.5, 0.6) is 0 Å². The lowest BCUT2D eigenvalue weighted by molar-refractivity contribution is 0.182. The number of benzene rings is 1. The highest BCUT2D eigenvalue weighted by molar-refractivity contribution is 7.12. The van der Waals surface area contributed by atoms with Crippen molar-refractivity contribution in [2.45, 2.75) is 46.6 Å². The summed E-state index contributed by atoms with van der Waals surface area (Å²) >= 11 is 1.73. The average Bonchev–Trinajstić information content (AvgIpc) is 2.82. The topological polar surface area (TPSA) is 20.2 Å². The first kappa shape index (κ1) is 14.3. The Morgan fingerprint density at radius 1 is 1.11 bits per heavy atom. The second-order valence-corrected chi connectivity index (χ2v) is 6.45. The Kier molecular flexibility index (Phi) is 4.43. The van der Waals surface area contributed by atoms with Gasteiger partial charge in [0.2, 0.25) is 0 Å². The molecule has 0 spiro atoms. The van der Waals surface area contributed by atoms with E-state index >= 15 is 0 Å². The largest absolute Gasteiger partial charge is 0.387 e. The fourth-order valence-electron chi connectivity index (χ4n) is 2.59. The number of hydrogen-bond donors (Lipinski definition) is 1. The molecule has 1 N–H and O–H groups in total. The number of aryl methyl sites for hydroxylation is 4. The molecule has 0 saturated carbocycles. The van der Waals surface area contributed by atoms with Crippen LogP contribution < -0.4 is 0 Å². The third-order valence-corrected chi connectivity index (χ3v) is 4.93. The molecule has 0 radical (unpaired) electrons. The van der Waals surface area contributed by atoms with Gasteiger partial charge in [-0.05, 0) is 56.0 Å². The highest BCUT2D eigenvalue weighted by atomic mass is 32.1. The van der Waals surface area contributed by atoms with Gasteiger partial charge in [-0.2, -0.15) is 0 Å². The first-order chi connectivity index (χ1) is 9.01. The van der Waals surface area contributed by atoms with Crippen LogP contribution in [-0.2, 0) is 12.8 Å². The number of rotatable bonds is 4. The quantitative estimate of drug-likeness (QED) is 0.869. The summed E-state index contributed by atoms with van der Waals surface area (Å²) in [6.07, 6.45) is 1.37. The molecule has 1 heterocycles. The van der Waals surface area contributed by atoms with Gasteiger partial charge in [-0.3, -0.25) is 0 Å². The summed E-state index contributed by atoms with van der Waals surface area (Å²) in [6.45, 7) is 8.53. The minimum atomic E-state index is -0.384. The summed E-state index contributed by atoms with van der Waals surface area (Å²) in [7, 11) is 0. The molecule has 1 nitrogen and oxygen atoms in total. The molecule has 1 atom stereocenters. The van der Waals surface area contributed by atoms with E-state index in [1.165, 1.54) is 27.1 Å². The lowest BCUT2D eigenvalue weighted by atomic mass is 9.95. The molecule has 2 aromatic rings. The monoisotopic (exact) mass is 274 g/mol. The molecule has 0 saturated heterocycles. The van der Waals surface area contributed by atoms with Gasteiger partial charge < -0.3 is 5.11 Å². The van der Waals surface area contributed by atoms with Crippen LogP contribution in [0.25, 0.3) is 0 Å². The maximum Gasteiger partial charge on any atom is 0.0922 e. The minimum absolute atomic E-state index is 0.384. The van der Waals surface area contributed by atoms with Crippen LogP contribution in [-0.4, -0.2) is 5.11 Å². The van der Waals surface area contributed by atoms with Gasteiger partial charge in [-0.25, -0.2) is 0 Å². The van der Waals surface area contributed by atoms with Gasteiger partial charge in [0.1, 0.15) is 0 Å². The van der Waals surface area contributed by atoms with Gasteiger partial charge in [0.15, 0.2) is 0 Å². The van der Waals surface area contributed by atoms with Crippen molar-refractivity contribution in [1.82, 2.24) is 0 Å². The zero-order valence-electron chi connectivity index (χ0n) is 12.2. The molecule has 102 valence electrons.